The largest absolute Gasteiger partial charge is 0.454 e. The predicted molar refractivity (Wildman–Crippen MR) is 117 cm³/mol. The van der Waals surface area contributed by atoms with E-state index in [9.17, 15) is 14.4 Å². The minimum absolute atomic E-state index is 0.0965. The van der Waals surface area contributed by atoms with Crippen molar-refractivity contribution in [2.45, 2.75) is 46.7 Å². The van der Waals surface area contributed by atoms with Gasteiger partial charge in [0.05, 0.1) is 0 Å². The van der Waals surface area contributed by atoms with Crippen LogP contribution in [-0.2, 0) is 14.3 Å². The molecular weight excluding hydrogens is 380 g/mol. The molecule has 0 aliphatic carbocycles. The molecule has 2 aromatic carbocycles. The second kappa shape index (κ2) is 10.6. The van der Waals surface area contributed by atoms with Gasteiger partial charge in [-0.05, 0) is 51.0 Å². The Labute approximate surface area is 178 Å². The average Bonchev–Trinajstić information content (AvgIpc) is 2.71. The van der Waals surface area contributed by atoms with Gasteiger partial charge in [0.2, 0.25) is 0 Å². The van der Waals surface area contributed by atoms with Gasteiger partial charge in [0.1, 0.15) is 6.04 Å². The highest BCUT2D eigenvalue weighted by molar-refractivity contribution is 5.98. The lowest BCUT2D eigenvalue weighted by molar-refractivity contribution is -0.150. The van der Waals surface area contributed by atoms with Crippen LogP contribution in [0, 0.1) is 12.8 Å². The molecule has 1 N–H and O–H groups in total. The highest BCUT2D eigenvalue weighted by Crippen LogP contribution is 2.17. The summed E-state index contributed by atoms with van der Waals surface area (Å²) in [5.74, 6) is -1.50. The van der Waals surface area contributed by atoms with E-state index in [4.69, 9.17) is 4.74 Å². The first-order valence-corrected chi connectivity index (χ1v) is 10.1. The molecule has 0 bridgehead atoms. The van der Waals surface area contributed by atoms with Crippen molar-refractivity contribution in [1.29, 1.82) is 0 Å². The maximum atomic E-state index is 12.7. The minimum atomic E-state index is -0.851. The van der Waals surface area contributed by atoms with Crippen LogP contribution in [0.3, 0.4) is 0 Å². The number of carbonyl (C=O) groups is 3. The highest BCUT2D eigenvalue weighted by Gasteiger charge is 2.28. The molecule has 160 valence electrons. The zero-order valence-electron chi connectivity index (χ0n) is 18.2. The summed E-state index contributed by atoms with van der Waals surface area (Å²) in [6.45, 7) is 8.95. The van der Waals surface area contributed by atoms with E-state index < -0.39 is 18.6 Å². The number of nitrogens with zero attached hydrogens (tertiary/aromatic N) is 1. The quantitative estimate of drug-likeness (QED) is 0.673. The molecule has 30 heavy (non-hydrogen) atoms. The normalized spacial score (nSPS) is 11.8. The fourth-order valence-electron chi connectivity index (χ4n) is 3.04. The standard InChI is InChI=1S/C24H30N2O4/c1-16(2)22(25-23(28)19-13-11-18(5)12-14-19)24(29)30-15-21(27)26(17(3)4)20-9-7-6-8-10-20/h6-14,16-17,22H,15H2,1-5H3,(H,25,28)/t22-/m0/s1. The van der Waals surface area contributed by atoms with E-state index in [1.165, 1.54) is 0 Å². The maximum absolute atomic E-state index is 12.7. The second-order valence-corrected chi connectivity index (χ2v) is 7.86. The summed E-state index contributed by atoms with van der Waals surface area (Å²) in [5, 5.41) is 2.72. The Kier molecular flexibility index (Phi) is 8.16. The van der Waals surface area contributed by atoms with Gasteiger partial charge in [0.15, 0.2) is 6.61 Å². The molecule has 0 spiro atoms. The van der Waals surface area contributed by atoms with Gasteiger partial charge in [-0.3, -0.25) is 9.59 Å². The zero-order valence-corrected chi connectivity index (χ0v) is 18.2. The summed E-state index contributed by atoms with van der Waals surface area (Å²) in [6, 6.07) is 15.4. The van der Waals surface area contributed by atoms with Gasteiger partial charge in [-0.25, -0.2) is 4.79 Å². The fraction of sp³-hybridized carbons (Fsp3) is 0.375. The van der Waals surface area contributed by atoms with Crippen LogP contribution >= 0.6 is 0 Å². The van der Waals surface area contributed by atoms with Gasteiger partial charge < -0.3 is 15.0 Å². The summed E-state index contributed by atoms with van der Waals surface area (Å²) in [5.41, 5.74) is 2.24. The van der Waals surface area contributed by atoms with E-state index in [1.54, 1.807) is 17.0 Å². The molecule has 0 fully saturated rings. The SMILES string of the molecule is Cc1ccc(C(=O)N[C@H](C(=O)OCC(=O)N(c2ccccc2)C(C)C)C(C)C)cc1. The molecule has 0 saturated heterocycles. The molecule has 0 aliphatic heterocycles. The van der Waals surface area contributed by atoms with Crippen LogP contribution in [0.4, 0.5) is 5.69 Å². The Balaban J connectivity index is 2.03. The third-order valence-corrected chi connectivity index (χ3v) is 4.68. The molecule has 0 unspecified atom stereocenters. The lowest BCUT2D eigenvalue weighted by Crippen LogP contribution is -2.47. The zero-order chi connectivity index (χ0) is 22.3. The third-order valence-electron chi connectivity index (χ3n) is 4.68. The molecule has 0 aromatic heterocycles. The second-order valence-electron chi connectivity index (χ2n) is 7.86. The van der Waals surface area contributed by atoms with Gasteiger partial charge in [-0.15, -0.1) is 0 Å². The Morgan fingerprint density at radius 2 is 1.53 bits per heavy atom. The van der Waals surface area contributed by atoms with Crippen LogP contribution in [0.15, 0.2) is 54.6 Å². The van der Waals surface area contributed by atoms with E-state index in [0.717, 1.165) is 11.3 Å². The number of benzene rings is 2. The van der Waals surface area contributed by atoms with Crippen LogP contribution < -0.4 is 10.2 Å². The molecule has 0 aliphatic rings. The van der Waals surface area contributed by atoms with Crippen molar-refractivity contribution in [3.05, 3.63) is 65.7 Å². The first kappa shape index (κ1) is 23.1. The maximum Gasteiger partial charge on any atom is 0.329 e. The number of amides is 2. The van der Waals surface area contributed by atoms with Crippen LogP contribution in [0.2, 0.25) is 0 Å². The Bertz CT molecular complexity index is 861. The first-order valence-electron chi connectivity index (χ1n) is 10.1. The number of anilines is 1. The fourth-order valence-corrected chi connectivity index (χ4v) is 3.04. The molecule has 6 nitrogen and oxygen atoms in total. The number of aryl methyl sites for hydroxylation is 1. The van der Waals surface area contributed by atoms with Crippen molar-refractivity contribution in [3.8, 4) is 0 Å². The number of carbonyl (C=O) groups excluding carboxylic acids is 3. The van der Waals surface area contributed by atoms with Crippen molar-refractivity contribution in [2.24, 2.45) is 5.92 Å². The molecule has 2 amide bonds. The highest BCUT2D eigenvalue weighted by atomic mass is 16.5. The Hall–Kier alpha value is -3.15. The van der Waals surface area contributed by atoms with Crippen LogP contribution in [-0.4, -0.2) is 36.5 Å². The molecule has 1 atom stereocenters. The average molecular weight is 411 g/mol. The van der Waals surface area contributed by atoms with Gasteiger partial charge in [-0.2, -0.15) is 0 Å². The molecule has 0 heterocycles. The number of ether oxygens (including phenoxy) is 1. The number of esters is 1. The van der Waals surface area contributed by atoms with Crippen molar-refractivity contribution >= 4 is 23.5 Å². The number of hydrogen-bond donors (Lipinski definition) is 1. The lowest BCUT2D eigenvalue weighted by Gasteiger charge is -2.27. The number of nitrogens with one attached hydrogen (secondary N) is 1. The van der Waals surface area contributed by atoms with Crippen molar-refractivity contribution < 1.29 is 19.1 Å². The third kappa shape index (κ3) is 6.17. The predicted octanol–water partition coefficient (Wildman–Crippen LogP) is 3.73. The monoisotopic (exact) mass is 410 g/mol. The molecule has 2 rings (SSSR count). The van der Waals surface area contributed by atoms with E-state index in [0.29, 0.717) is 5.56 Å². The molecule has 6 heteroatoms. The molecule has 0 saturated carbocycles. The molecular formula is C24H30N2O4. The Morgan fingerprint density at radius 1 is 0.933 bits per heavy atom. The minimum Gasteiger partial charge on any atom is -0.454 e. The van der Waals surface area contributed by atoms with Gasteiger partial charge in [0, 0.05) is 17.3 Å². The summed E-state index contributed by atoms with van der Waals surface area (Å²) >= 11 is 0. The topological polar surface area (TPSA) is 75.7 Å². The molecule has 0 radical (unpaired) electrons. The number of para-hydroxylation sites is 1. The van der Waals surface area contributed by atoms with Gasteiger partial charge in [0.25, 0.3) is 11.8 Å². The van der Waals surface area contributed by atoms with Crippen molar-refractivity contribution in [1.82, 2.24) is 5.32 Å². The van der Waals surface area contributed by atoms with E-state index in [1.807, 2.05) is 77.1 Å². The van der Waals surface area contributed by atoms with Gasteiger partial charge >= 0.3 is 5.97 Å². The Morgan fingerprint density at radius 3 is 2.07 bits per heavy atom. The van der Waals surface area contributed by atoms with E-state index in [-0.39, 0.29) is 23.8 Å². The van der Waals surface area contributed by atoms with Crippen molar-refractivity contribution in [2.75, 3.05) is 11.5 Å². The summed E-state index contributed by atoms with van der Waals surface area (Å²) < 4.78 is 5.29. The van der Waals surface area contributed by atoms with Crippen LogP contribution in [0.1, 0.15) is 43.6 Å². The first-order chi connectivity index (χ1) is 14.2. The van der Waals surface area contributed by atoms with Crippen LogP contribution in [0.5, 0.6) is 0 Å². The van der Waals surface area contributed by atoms with Gasteiger partial charge in [-0.1, -0.05) is 49.7 Å². The number of rotatable bonds is 8. The van der Waals surface area contributed by atoms with E-state index in [2.05, 4.69) is 5.32 Å². The van der Waals surface area contributed by atoms with Crippen molar-refractivity contribution in [3.63, 3.8) is 0 Å². The smallest absolute Gasteiger partial charge is 0.329 e. The summed E-state index contributed by atoms with van der Waals surface area (Å²) in [7, 11) is 0. The lowest BCUT2D eigenvalue weighted by atomic mass is 10.0. The number of hydrogen-bond acceptors (Lipinski definition) is 4. The molecule has 2 aromatic rings. The van der Waals surface area contributed by atoms with Crippen LogP contribution in [0.25, 0.3) is 0 Å². The summed E-state index contributed by atoms with van der Waals surface area (Å²) in [4.78, 5) is 39.4. The summed E-state index contributed by atoms with van der Waals surface area (Å²) in [6.07, 6.45) is 0. The van der Waals surface area contributed by atoms with E-state index >= 15 is 0 Å².